The van der Waals surface area contributed by atoms with Crippen LogP contribution in [-0.2, 0) is 11.3 Å². The molecule has 2 rings (SSSR count). The van der Waals surface area contributed by atoms with Crippen LogP contribution in [0.3, 0.4) is 0 Å². The van der Waals surface area contributed by atoms with E-state index in [9.17, 15) is 0 Å². The van der Waals surface area contributed by atoms with Crippen molar-refractivity contribution in [2.24, 2.45) is 0 Å². The molecule has 1 aliphatic heterocycles. The van der Waals surface area contributed by atoms with Gasteiger partial charge in [-0.2, -0.15) is 0 Å². The lowest BCUT2D eigenvalue weighted by molar-refractivity contribution is -0.0630. The second-order valence-electron chi connectivity index (χ2n) is 6.24. The number of anilines is 1. The number of hydrogen-bond donors (Lipinski definition) is 1. The lowest BCUT2D eigenvalue weighted by atomic mass is 9.94. The maximum Gasteiger partial charge on any atom is 0.0641 e. The number of hydrogen-bond acceptors (Lipinski definition) is 3. The van der Waals surface area contributed by atoms with Crippen molar-refractivity contribution in [1.82, 2.24) is 5.32 Å². The van der Waals surface area contributed by atoms with Crippen LogP contribution in [0.4, 0.5) is 5.69 Å². The van der Waals surface area contributed by atoms with Crippen LogP contribution < -0.4 is 10.2 Å². The second kappa shape index (κ2) is 5.93. The third-order valence-electron chi connectivity index (χ3n) is 3.74. The summed E-state index contributed by atoms with van der Waals surface area (Å²) in [6.45, 7) is 6.15. The van der Waals surface area contributed by atoms with Crippen molar-refractivity contribution in [2.45, 2.75) is 44.9 Å². The predicted molar refractivity (Wildman–Crippen MR) is 80.7 cm³/mol. The molecular formula is C16H26N2O. The molecule has 1 aromatic carbocycles. The van der Waals surface area contributed by atoms with Crippen LogP contribution in [0, 0.1) is 0 Å². The van der Waals surface area contributed by atoms with Gasteiger partial charge < -0.3 is 15.0 Å². The lowest BCUT2D eigenvalue weighted by Gasteiger charge is -2.36. The third kappa shape index (κ3) is 4.22. The molecule has 0 aliphatic carbocycles. The second-order valence-corrected chi connectivity index (χ2v) is 6.24. The fourth-order valence-corrected chi connectivity index (χ4v) is 2.58. The summed E-state index contributed by atoms with van der Waals surface area (Å²) in [7, 11) is 4.13. The van der Waals surface area contributed by atoms with Gasteiger partial charge in [0, 0.05) is 39.0 Å². The number of nitrogens with one attached hydrogen (secondary N) is 1. The molecule has 1 aromatic rings. The maximum absolute atomic E-state index is 5.74. The molecule has 0 spiro atoms. The van der Waals surface area contributed by atoms with Crippen molar-refractivity contribution in [3.05, 3.63) is 29.8 Å². The van der Waals surface area contributed by atoms with E-state index < -0.39 is 0 Å². The smallest absolute Gasteiger partial charge is 0.0641 e. The number of ether oxygens (including phenoxy) is 1. The zero-order chi connectivity index (χ0) is 13.9. The molecule has 1 heterocycles. The van der Waals surface area contributed by atoms with Crippen LogP contribution in [0.15, 0.2) is 24.3 Å². The van der Waals surface area contributed by atoms with E-state index in [0.29, 0.717) is 6.04 Å². The van der Waals surface area contributed by atoms with Crippen molar-refractivity contribution in [1.29, 1.82) is 0 Å². The number of nitrogens with zero attached hydrogens (tertiary/aromatic N) is 1. The quantitative estimate of drug-likeness (QED) is 0.903. The molecule has 1 atom stereocenters. The third-order valence-corrected chi connectivity index (χ3v) is 3.74. The molecule has 19 heavy (non-hydrogen) atoms. The Labute approximate surface area is 116 Å². The van der Waals surface area contributed by atoms with Crippen LogP contribution in [0.25, 0.3) is 0 Å². The molecule has 0 amide bonds. The van der Waals surface area contributed by atoms with Crippen LogP contribution in [0.5, 0.6) is 0 Å². The topological polar surface area (TPSA) is 24.5 Å². The molecule has 0 saturated carbocycles. The van der Waals surface area contributed by atoms with Gasteiger partial charge in [0.1, 0.15) is 0 Å². The first-order valence-corrected chi connectivity index (χ1v) is 7.10. The van der Waals surface area contributed by atoms with Gasteiger partial charge in [-0.05, 0) is 44.4 Å². The number of rotatable bonds is 4. The summed E-state index contributed by atoms with van der Waals surface area (Å²) < 4.78 is 5.74. The van der Waals surface area contributed by atoms with Gasteiger partial charge in [-0.3, -0.25) is 0 Å². The molecule has 3 heteroatoms. The largest absolute Gasteiger partial charge is 0.378 e. The van der Waals surface area contributed by atoms with Crippen molar-refractivity contribution in [3.8, 4) is 0 Å². The first-order valence-electron chi connectivity index (χ1n) is 7.10. The Morgan fingerprint density at radius 1 is 1.26 bits per heavy atom. The molecular weight excluding hydrogens is 236 g/mol. The summed E-state index contributed by atoms with van der Waals surface area (Å²) >= 11 is 0. The molecule has 106 valence electrons. The zero-order valence-electron chi connectivity index (χ0n) is 12.6. The SMILES string of the molecule is CN(C)c1ccc(CNC2CCOC(C)(C)C2)cc1. The average molecular weight is 262 g/mol. The first kappa shape index (κ1) is 14.4. The highest BCUT2D eigenvalue weighted by atomic mass is 16.5. The van der Waals surface area contributed by atoms with Gasteiger partial charge >= 0.3 is 0 Å². The lowest BCUT2D eigenvalue weighted by Crippen LogP contribution is -2.43. The first-order chi connectivity index (χ1) is 8.96. The van der Waals surface area contributed by atoms with Gasteiger partial charge in [0.25, 0.3) is 0 Å². The van der Waals surface area contributed by atoms with E-state index in [1.807, 2.05) is 0 Å². The van der Waals surface area contributed by atoms with Crippen molar-refractivity contribution >= 4 is 5.69 Å². The predicted octanol–water partition coefficient (Wildman–Crippen LogP) is 2.80. The summed E-state index contributed by atoms with van der Waals surface area (Å²) in [5, 5.41) is 3.65. The van der Waals surface area contributed by atoms with E-state index >= 15 is 0 Å². The maximum atomic E-state index is 5.74. The molecule has 1 aliphatic rings. The van der Waals surface area contributed by atoms with E-state index in [1.165, 1.54) is 11.3 Å². The van der Waals surface area contributed by atoms with Crippen LogP contribution in [-0.4, -0.2) is 32.3 Å². The van der Waals surface area contributed by atoms with Crippen molar-refractivity contribution < 1.29 is 4.74 Å². The monoisotopic (exact) mass is 262 g/mol. The minimum Gasteiger partial charge on any atom is -0.378 e. The molecule has 0 bridgehead atoms. The highest BCUT2D eigenvalue weighted by molar-refractivity contribution is 5.45. The Hall–Kier alpha value is -1.06. The van der Waals surface area contributed by atoms with Gasteiger partial charge in [-0.1, -0.05) is 12.1 Å². The summed E-state index contributed by atoms with van der Waals surface area (Å²) in [4.78, 5) is 2.12. The van der Waals surface area contributed by atoms with E-state index in [0.717, 1.165) is 26.0 Å². The summed E-state index contributed by atoms with van der Waals surface area (Å²) in [6, 6.07) is 9.31. The minimum atomic E-state index is 0.0185. The highest BCUT2D eigenvalue weighted by Crippen LogP contribution is 2.24. The fraction of sp³-hybridized carbons (Fsp3) is 0.625. The summed E-state index contributed by atoms with van der Waals surface area (Å²) in [5.74, 6) is 0. The molecule has 1 N–H and O–H groups in total. The van der Waals surface area contributed by atoms with E-state index in [-0.39, 0.29) is 5.60 Å². The van der Waals surface area contributed by atoms with Crippen molar-refractivity contribution in [3.63, 3.8) is 0 Å². The Bertz CT molecular complexity index is 398. The van der Waals surface area contributed by atoms with Gasteiger partial charge in [0.2, 0.25) is 0 Å². The Morgan fingerprint density at radius 2 is 1.95 bits per heavy atom. The van der Waals surface area contributed by atoms with Gasteiger partial charge in [0.05, 0.1) is 5.60 Å². The molecule has 0 aromatic heterocycles. The summed E-state index contributed by atoms with van der Waals surface area (Å²) in [6.07, 6.45) is 2.20. The Balaban J connectivity index is 1.85. The van der Waals surface area contributed by atoms with Crippen LogP contribution >= 0.6 is 0 Å². The van der Waals surface area contributed by atoms with Gasteiger partial charge in [-0.25, -0.2) is 0 Å². The van der Waals surface area contributed by atoms with Gasteiger partial charge in [-0.15, -0.1) is 0 Å². The van der Waals surface area contributed by atoms with E-state index in [2.05, 4.69) is 62.4 Å². The normalized spacial score (nSPS) is 22.2. The van der Waals surface area contributed by atoms with Gasteiger partial charge in [0.15, 0.2) is 0 Å². The molecule has 1 unspecified atom stereocenters. The van der Waals surface area contributed by atoms with Crippen LogP contribution in [0.1, 0.15) is 32.3 Å². The standard InChI is InChI=1S/C16H26N2O/c1-16(2)11-14(9-10-19-16)17-12-13-5-7-15(8-6-13)18(3)4/h5-8,14,17H,9-12H2,1-4H3. The molecule has 0 radical (unpaired) electrons. The van der Waals surface area contributed by atoms with Crippen LogP contribution in [0.2, 0.25) is 0 Å². The van der Waals surface area contributed by atoms with E-state index in [1.54, 1.807) is 0 Å². The zero-order valence-corrected chi connectivity index (χ0v) is 12.6. The Kier molecular flexibility index (Phi) is 4.48. The minimum absolute atomic E-state index is 0.0185. The highest BCUT2D eigenvalue weighted by Gasteiger charge is 2.28. The van der Waals surface area contributed by atoms with Crippen molar-refractivity contribution in [2.75, 3.05) is 25.6 Å². The molecule has 3 nitrogen and oxygen atoms in total. The Morgan fingerprint density at radius 3 is 2.53 bits per heavy atom. The fourth-order valence-electron chi connectivity index (χ4n) is 2.58. The summed E-state index contributed by atoms with van der Waals surface area (Å²) in [5.41, 5.74) is 2.61. The number of benzene rings is 1. The average Bonchev–Trinajstić information content (AvgIpc) is 2.36. The molecule has 1 saturated heterocycles. The van der Waals surface area contributed by atoms with E-state index in [4.69, 9.17) is 4.74 Å². The molecule has 1 fully saturated rings.